The molecule has 2 atom stereocenters. The van der Waals surface area contributed by atoms with Gasteiger partial charge in [-0.25, -0.2) is 0 Å². The SMILES string of the molecule is O=C1C[C@@H]2CN(Cc3ccccc3)C[C@H]2C1. The predicted molar refractivity (Wildman–Crippen MR) is 62.9 cm³/mol. The standard InChI is InChI=1S/C14H17NO/c16-14-6-12-9-15(10-13(12)7-14)8-11-4-2-1-3-5-11/h1-5,12-13H,6-10H2/t12-,13-/m1/s1. The van der Waals surface area contributed by atoms with E-state index < -0.39 is 0 Å². The summed E-state index contributed by atoms with van der Waals surface area (Å²) in [5, 5.41) is 0. The van der Waals surface area contributed by atoms with Gasteiger partial charge in [0.2, 0.25) is 0 Å². The number of likely N-dealkylation sites (tertiary alicyclic amines) is 1. The highest BCUT2D eigenvalue weighted by molar-refractivity contribution is 5.81. The molecule has 0 unspecified atom stereocenters. The Hall–Kier alpha value is -1.15. The van der Waals surface area contributed by atoms with Crippen LogP contribution in [0, 0.1) is 11.8 Å². The summed E-state index contributed by atoms with van der Waals surface area (Å²) in [6.45, 7) is 3.28. The van der Waals surface area contributed by atoms with Gasteiger partial charge in [0.1, 0.15) is 5.78 Å². The van der Waals surface area contributed by atoms with Gasteiger partial charge >= 0.3 is 0 Å². The lowest BCUT2D eigenvalue weighted by atomic mass is 10.0. The van der Waals surface area contributed by atoms with E-state index in [4.69, 9.17) is 0 Å². The number of hydrogen-bond acceptors (Lipinski definition) is 2. The number of ketones is 1. The molecule has 2 fully saturated rings. The molecule has 1 heterocycles. The highest BCUT2D eigenvalue weighted by Crippen LogP contribution is 2.36. The third kappa shape index (κ3) is 1.90. The number of rotatable bonds is 2. The molecule has 1 saturated heterocycles. The molecule has 84 valence electrons. The van der Waals surface area contributed by atoms with Crippen LogP contribution in [0.15, 0.2) is 30.3 Å². The van der Waals surface area contributed by atoms with Crippen LogP contribution in [-0.2, 0) is 11.3 Å². The fourth-order valence-electron chi connectivity index (χ4n) is 3.14. The molecule has 0 spiro atoms. The second-order valence-electron chi connectivity index (χ2n) is 5.15. The van der Waals surface area contributed by atoms with E-state index in [0.29, 0.717) is 17.6 Å². The number of fused-ring (bicyclic) bond motifs is 1. The zero-order valence-corrected chi connectivity index (χ0v) is 9.43. The van der Waals surface area contributed by atoms with Gasteiger partial charge in [-0.05, 0) is 17.4 Å². The van der Waals surface area contributed by atoms with Gasteiger partial charge in [-0.15, -0.1) is 0 Å². The predicted octanol–water partition coefficient (Wildman–Crippen LogP) is 2.10. The Bertz CT molecular complexity index is 371. The highest BCUT2D eigenvalue weighted by Gasteiger charge is 2.39. The zero-order chi connectivity index (χ0) is 11.0. The van der Waals surface area contributed by atoms with Crippen LogP contribution in [-0.4, -0.2) is 23.8 Å². The quantitative estimate of drug-likeness (QED) is 0.753. The van der Waals surface area contributed by atoms with Crippen LogP contribution in [0.3, 0.4) is 0 Å². The number of Topliss-reactive ketones (excluding diaryl/α,β-unsaturated/α-hetero) is 1. The average Bonchev–Trinajstić information content (AvgIpc) is 2.76. The number of nitrogens with zero attached hydrogens (tertiary/aromatic N) is 1. The Morgan fingerprint density at radius 2 is 1.69 bits per heavy atom. The van der Waals surface area contributed by atoms with E-state index in [1.165, 1.54) is 5.56 Å². The van der Waals surface area contributed by atoms with Crippen molar-refractivity contribution in [1.29, 1.82) is 0 Å². The Kier molecular flexibility index (Phi) is 2.52. The Balaban J connectivity index is 1.62. The van der Waals surface area contributed by atoms with Crippen molar-refractivity contribution >= 4 is 5.78 Å². The van der Waals surface area contributed by atoms with Crippen molar-refractivity contribution in [2.75, 3.05) is 13.1 Å². The van der Waals surface area contributed by atoms with Gasteiger partial charge in [0.15, 0.2) is 0 Å². The summed E-state index contributed by atoms with van der Waals surface area (Å²) in [5.74, 6) is 1.78. The van der Waals surface area contributed by atoms with Gasteiger partial charge in [-0.3, -0.25) is 9.69 Å². The van der Waals surface area contributed by atoms with E-state index in [1.54, 1.807) is 0 Å². The van der Waals surface area contributed by atoms with Crippen molar-refractivity contribution in [3.8, 4) is 0 Å². The third-order valence-electron chi connectivity index (χ3n) is 3.88. The fourth-order valence-corrected chi connectivity index (χ4v) is 3.14. The molecule has 0 aromatic heterocycles. The maximum atomic E-state index is 11.3. The molecule has 1 aliphatic heterocycles. The molecular formula is C14H17NO. The van der Waals surface area contributed by atoms with Gasteiger partial charge in [0.25, 0.3) is 0 Å². The molecule has 1 aromatic rings. The van der Waals surface area contributed by atoms with Crippen molar-refractivity contribution in [1.82, 2.24) is 4.90 Å². The summed E-state index contributed by atoms with van der Waals surface area (Å²) in [7, 11) is 0. The molecule has 2 nitrogen and oxygen atoms in total. The maximum absolute atomic E-state index is 11.3. The summed E-state index contributed by atoms with van der Waals surface area (Å²) in [6, 6.07) is 10.6. The van der Waals surface area contributed by atoms with E-state index in [1.807, 2.05) is 0 Å². The minimum atomic E-state index is 0.481. The largest absolute Gasteiger partial charge is 0.300 e. The topological polar surface area (TPSA) is 20.3 Å². The molecule has 0 N–H and O–H groups in total. The van der Waals surface area contributed by atoms with Crippen LogP contribution in [0.1, 0.15) is 18.4 Å². The molecule has 3 rings (SSSR count). The van der Waals surface area contributed by atoms with E-state index in [9.17, 15) is 4.79 Å². The summed E-state index contributed by atoms with van der Waals surface area (Å²) < 4.78 is 0. The van der Waals surface area contributed by atoms with Gasteiger partial charge in [0, 0.05) is 32.5 Å². The number of carbonyl (C=O) groups is 1. The summed E-state index contributed by atoms with van der Waals surface area (Å²) in [6.07, 6.45) is 1.66. The number of hydrogen-bond donors (Lipinski definition) is 0. The molecule has 2 aliphatic rings. The summed E-state index contributed by atoms with van der Waals surface area (Å²) in [5.41, 5.74) is 1.38. The van der Waals surface area contributed by atoms with Crippen molar-refractivity contribution in [3.05, 3.63) is 35.9 Å². The first-order chi connectivity index (χ1) is 7.81. The molecule has 2 heteroatoms. The third-order valence-corrected chi connectivity index (χ3v) is 3.88. The lowest BCUT2D eigenvalue weighted by Crippen LogP contribution is -2.21. The molecule has 1 aromatic carbocycles. The highest BCUT2D eigenvalue weighted by atomic mass is 16.1. The molecular weight excluding hydrogens is 198 g/mol. The molecule has 1 aliphatic carbocycles. The van der Waals surface area contributed by atoms with Crippen LogP contribution in [0.25, 0.3) is 0 Å². The van der Waals surface area contributed by atoms with Gasteiger partial charge in [-0.1, -0.05) is 30.3 Å². The van der Waals surface area contributed by atoms with E-state index >= 15 is 0 Å². The van der Waals surface area contributed by atoms with Crippen molar-refractivity contribution in [3.63, 3.8) is 0 Å². The lowest BCUT2D eigenvalue weighted by Gasteiger charge is -2.16. The van der Waals surface area contributed by atoms with Crippen molar-refractivity contribution < 1.29 is 4.79 Å². The monoisotopic (exact) mass is 215 g/mol. The van der Waals surface area contributed by atoms with Crippen molar-refractivity contribution in [2.24, 2.45) is 11.8 Å². The number of benzene rings is 1. The van der Waals surface area contributed by atoms with Crippen LogP contribution in [0.2, 0.25) is 0 Å². The maximum Gasteiger partial charge on any atom is 0.133 e. The smallest absolute Gasteiger partial charge is 0.133 e. The average molecular weight is 215 g/mol. The molecule has 0 radical (unpaired) electrons. The number of carbonyl (C=O) groups excluding carboxylic acids is 1. The fraction of sp³-hybridized carbons (Fsp3) is 0.500. The van der Waals surface area contributed by atoms with Crippen LogP contribution < -0.4 is 0 Å². The summed E-state index contributed by atoms with van der Waals surface area (Å²) >= 11 is 0. The van der Waals surface area contributed by atoms with Crippen LogP contribution >= 0.6 is 0 Å². The van der Waals surface area contributed by atoms with E-state index in [2.05, 4.69) is 35.2 Å². The molecule has 1 saturated carbocycles. The second-order valence-corrected chi connectivity index (χ2v) is 5.15. The summed E-state index contributed by atoms with van der Waals surface area (Å²) in [4.78, 5) is 13.8. The van der Waals surface area contributed by atoms with Crippen LogP contribution in [0.5, 0.6) is 0 Å². The molecule has 16 heavy (non-hydrogen) atoms. The molecule has 0 amide bonds. The first kappa shape index (κ1) is 10.0. The van der Waals surface area contributed by atoms with Gasteiger partial charge in [-0.2, -0.15) is 0 Å². The Labute approximate surface area is 96.3 Å². The lowest BCUT2D eigenvalue weighted by molar-refractivity contribution is -0.118. The minimum absolute atomic E-state index is 0.481. The first-order valence-electron chi connectivity index (χ1n) is 6.09. The van der Waals surface area contributed by atoms with Crippen LogP contribution in [0.4, 0.5) is 0 Å². The normalized spacial score (nSPS) is 29.6. The van der Waals surface area contributed by atoms with Gasteiger partial charge < -0.3 is 0 Å². The minimum Gasteiger partial charge on any atom is -0.300 e. The zero-order valence-electron chi connectivity index (χ0n) is 9.43. The van der Waals surface area contributed by atoms with Gasteiger partial charge in [0.05, 0.1) is 0 Å². The van der Waals surface area contributed by atoms with E-state index in [0.717, 1.165) is 32.5 Å². The Morgan fingerprint density at radius 3 is 2.31 bits per heavy atom. The molecule has 0 bridgehead atoms. The first-order valence-corrected chi connectivity index (χ1v) is 6.09. The Morgan fingerprint density at radius 1 is 1.06 bits per heavy atom. The second kappa shape index (κ2) is 4.02. The van der Waals surface area contributed by atoms with E-state index in [-0.39, 0.29) is 0 Å². The van der Waals surface area contributed by atoms with Crippen molar-refractivity contribution in [2.45, 2.75) is 19.4 Å².